The molecular formula is C17H26N4. The largest absolute Gasteiger partial charge is 0.370 e. The third-order valence-electron chi connectivity index (χ3n) is 3.45. The van der Waals surface area contributed by atoms with Crippen molar-refractivity contribution in [2.24, 2.45) is 13.0 Å². The van der Waals surface area contributed by atoms with Crippen molar-refractivity contribution < 1.29 is 0 Å². The Balaban J connectivity index is 2.04. The van der Waals surface area contributed by atoms with E-state index < -0.39 is 0 Å². The fraction of sp³-hybridized carbons (Fsp3) is 0.471. The fourth-order valence-electron chi connectivity index (χ4n) is 2.44. The van der Waals surface area contributed by atoms with Gasteiger partial charge in [0.25, 0.3) is 0 Å². The summed E-state index contributed by atoms with van der Waals surface area (Å²) in [6, 6.07) is 8.58. The van der Waals surface area contributed by atoms with Gasteiger partial charge in [-0.2, -0.15) is 5.10 Å². The number of hydrogen-bond donors (Lipinski definition) is 1. The Kier molecular flexibility index (Phi) is 5.39. The van der Waals surface area contributed by atoms with E-state index in [1.54, 1.807) is 0 Å². The van der Waals surface area contributed by atoms with E-state index in [2.05, 4.69) is 66.7 Å². The Bertz CT molecular complexity index is 559. The summed E-state index contributed by atoms with van der Waals surface area (Å²) < 4.78 is 1.85. The van der Waals surface area contributed by atoms with Gasteiger partial charge in [0.15, 0.2) is 0 Å². The van der Waals surface area contributed by atoms with Crippen molar-refractivity contribution in [2.45, 2.75) is 26.9 Å². The summed E-state index contributed by atoms with van der Waals surface area (Å²) in [5, 5.41) is 7.75. The van der Waals surface area contributed by atoms with Gasteiger partial charge in [0, 0.05) is 44.6 Å². The summed E-state index contributed by atoms with van der Waals surface area (Å²) in [5.41, 5.74) is 3.84. The summed E-state index contributed by atoms with van der Waals surface area (Å²) in [5.74, 6) is 0.672. The first-order chi connectivity index (χ1) is 10.1. The van der Waals surface area contributed by atoms with Crippen LogP contribution in [0.25, 0.3) is 0 Å². The molecule has 0 bridgehead atoms. The minimum atomic E-state index is 0.672. The highest BCUT2D eigenvalue weighted by molar-refractivity contribution is 5.53. The van der Waals surface area contributed by atoms with E-state index in [0.717, 1.165) is 19.6 Å². The number of para-hydroxylation sites is 1. The van der Waals surface area contributed by atoms with Gasteiger partial charge in [0.1, 0.15) is 0 Å². The highest BCUT2D eigenvalue weighted by atomic mass is 15.2. The van der Waals surface area contributed by atoms with Gasteiger partial charge < -0.3 is 10.2 Å². The summed E-state index contributed by atoms with van der Waals surface area (Å²) in [6.45, 7) is 7.28. The Labute approximate surface area is 127 Å². The van der Waals surface area contributed by atoms with Crippen LogP contribution in [0.1, 0.15) is 25.0 Å². The van der Waals surface area contributed by atoms with Crippen LogP contribution in [0.15, 0.2) is 36.7 Å². The van der Waals surface area contributed by atoms with Gasteiger partial charge in [0.05, 0.1) is 6.20 Å². The molecule has 0 aliphatic rings. The maximum absolute atomic E-state index is 4.23. The minimum Gasteiger partial charge on any atom is -0.370 e. The quantitative estimate of drug-likeness (QED) is 0.849. The Morgan fingerprint density at radius 1 is 1.29 bits per heavy atom. The molecular weight excluding hydrogens is 260 g/mol. The molecule has 2 aromatic rings. The lowest BCUT2D eigenvalue weighted by atomic mass is 10.1. The maximum atomic E-state index is 4.23. The van der Waals surface area contributed by atoms with Crippen molar-refractivity contribution in [2.75, 3.05) is 18.5 Å². The van der Waals surface area contributed by atoms with Crippen LogP contribution >= 0.6 is 0 Å². The van der Waals surface area contributed by atoms with Gasteiger partial charge in [-0.05, 0) is 24.1 Å². The van der Waals surface area contributed by atoms with Crippen molar-refractivity contribution in [1.82, 2.24) is 15.1 Å². The molecule has 1 aromatic heterocycles. The van der Waals surface area contributed by atoms with E-state index >= 15 is 0 Å². The normalized spacial score (nSPS) is 11.1. The number of nitrogens with one attached hydrogen (secondary N) is 1. The molecule has 0 radical (unpaired) electrons. The molecule has 1 aromatic carbocycles. The molecule has 0 saturated carbocycles. The third kappa shape index (κ3) is 4.60. The number of nitrogens with zero attached hydrogens (tertiary/aromatic N) is 3. The average Bonchev–Trinajstić information content (AvgIpc) is 2.84. The lowest BCUT2D eigenvalue weighted by Crippen LogP contribution is -2.22. The van der Waals surface area contributed by atoms with Crippen molar-refractivity contribution in [3.8, 4) is 0 Å². The number of hydrogen-bond acceptors (Lipinski definition) is 3. The molecule has 114 valence electrons. The van der Waals surface area contributed by atoms with E-state index in [4.69, 9.17) is 0 Å². The second-order valence-corrected chi connectivity index (χ2v) is 6.03. The summed E-state index contributed by atoms with van der Waals surface area (Å²) in [6.07, 6.45) is 3.99. The zero-order valence-corrected chi connectivity index (χ0v) is 13.5. The molecule has 21 heavy (non-hydrogen) atoms. The number of aryl methyl sites for hydroxylation is 1. The van der Waals surface area contributed by atoms with Crippen LogP contribution < -0.4 is 10.2 Å². The van der Waals surface area contributed by atoms with E-state index in [9.17, 15) is 0 Å². The van der Waals surface area contributed by atoms with Gasteiger partial charge in [-0.1, -0.05) is 32.0 Å². The zero-order chi connectivity index (χ0) is 15.2. The predicted octanol–water partition coefficient (Wildman–Crippen LogP) is 2.80. The van der Waals surface area contributed by atoms with Crippen LogP contribution in [0.2, 0.25) is 0 Å². The standard InChI is InChI=1S/C17H26N4/c1-14(2)9-18-11-16-7-5-6-8-17(16)20(3)12-15-10-19-21(4)13-15/h5-8,10,13-14,18H,9,11-12H2,1-4H3. The second-order valence-electron chi connectivity index (χ2n) is 6.03. The van der Waals surface area contributed by atoms with E-state index in [1.807, 2.05) is 17.9 Å². The zero-order valence-electron chi connectivity index (χ0n) is 13.5. The molecule has 0 fully saturated rings. The van der Waals surface area contributed by atoms with Crippen LogP contribution in [0.5, 0.6) is 0 Å². The molecule has 4 nitrogen and oxygen atoms in total. The molecule has 0 unspecified atom stereocenters. The Morgan fingerprint density at radius 2 is 2.05 bits per heavy atom. The first-order valence-corrected chi connectivity index (χ1v) is 7.53. The number of anilines is 1. The second kappa shape index (κ2) is 7.27. The van der Waals surface area contributed by atoms with Gasteiger partial charge in [-0.15, -0.1) is 0 Å². The van der Waals surface area contributed by atoms with Crippen molar-refractivity contribution >= 4 is 5.69 Å². The maximum Gasteiger partial charge on any atom is 0.0539 e. The lowest BCUT2D eigenvalue weighted by molar-refractivity contribution is 0.552. The van der Waals surface area contributed by atoms with Crippen LogP contribution in [0, 0.1) is 5.92 Å². The van der Waals surface area contributed by atoms with Crippen LogP contribution in [0.3, 0.4) is 0 Å². The smallest absolute Gasteiger partial charge is 0.0539 e. The molecule has 2 rings (SSSR count). The highest BCUT2D eigenvalue weighted by Gasteiger charge is 2.08. The predicted molar refractivity (Wildman–Crippen MR) is 88.3 cm³/mol. The third-order valence-corrected chi connectivity index (χ3v) is 3.45. The molecule has 0 atom stereocenters. The molecule has 0 aliphatic carbocycles. The summed E-state index contributed by atoms with van der Waals surface area (Å²) in [7, 11) is 4.08. The van der Waals surface area contributed by atoms with Crippen LogP contribution in [-0.2, 0) is 20.1 Å². The molecule has 4 heteroatoms. The van der Waals surface area contributed by atoms with Crippen molar-refractivity contribution in [3.05, 3.63) is 47.8 Å². The number of rotatable bonds is 7. The Morgan fingerprint density at radius 3 is 2.71 bits per heavy atom. The van der Waals surface area contributed by atoms with Crippen LogP contribution in [0.4, 0.5) is 5.69 Å². The Hall–Kier alpha value is -1.81. The molecule has 1 N–H and O–H groups in total. The SMILES string of the molecule is CC(C)CNCc1ccccc1N(C)Cc1cnn(C)c1. The van der Waals surface area contributed by atoms with Crippen molar-refractivity contribution in [1.29, 1.82) is 0 Å². The van der Waals surface area contributed by atoms with E-state index in [-0.39, 0.29) is 0 Å². The summed E-state index contributed by atoms with van der Waals surface area (Å²) >= 11 is 0. The molecule has 1 heterocycles. The van der Waals surface area contributed by atoms with Crippen molar-refractivity contribution in [3.63, 3.8) is 0 Å². The van der Waals surface area contributed by atoms with Crippen LogP contribution in [-0.4, -0.2) is 23.4 Å². The highest BCUT2D eigenvalue weighted by Crippen LogP contribution is 2.20. The monoisotopic (exact) mass is 286 g/mol. The number of aromatic nitrogens is 2. The van der Waals surface area contributed by atoms with Gasteiger partial charge in [-0.3, -0.25) is 4.68 Å². The summed E-state index contributed by atoms with van der Waals surface area (Å²) in [4.78, 5) is 2.28. The molecule has 0 amide bonds. The topological polar surface area (TPSA) is 33.1 Å². The fourth-order valence-corrected chi connectivity index (χ4v) is 2.44. The van der Waals surface area contributed by atoms with E-state index in [0.29, 0.717) is 5.92 Å². The first kappa shape index (κ1) is 15.6. The minimum absolute atomic E-state index is 0.672. The molecule has 0 saturated heterocycles. The van der Waals surface area contributed by atoms with Gasteiger partial charge >= 0.3 is 0 Å². The van der Waals surface area contributed by atoms with Gasteiger partial charge in [-0.25, -0.2) is 0 Å². The average molecular weight is 286 g/mol. The number of benzene rings is 1. The first-order valence-electron chi connectivity index (χ1n) is 7.53. The molecule has 0 spiro atoms. The lowest BCUT2D eigenvalue weighted by Gasteiger charge is -2.22. The van der Waals surface area contributed by atoms with Gasteiger partial charge in [0.2, 0.25) is 0 Å². The van der Waals surface area contributed by atoms with E-state index in [1.165, 1.54) is 16.8 Å². The molecule has 0 aliphatic heterocycles.